The molecule has 15 atom stereocenters. The second-order valence-corrected chi connectivity index (χ2v) is 27.4. The van der Waals surface area contributed by atoms with Gasteiger partial charge in [-0.05, 0) is 96.5 Å². The van der Waals surface area contributed by atoms with E-state index in [0.29, 0.717) is 45.2 Å². The monoisotopic (exact) mass is 1350 g/mol. The maximum atomic E-state index is 14.3. The van der Waals surface area contributed by atoms with Gasteiger partial charge in [0.1, 0.15) is 65.6 Å². The van der Waals surface area contributed by atoms with Crippen molar-refractivity contribution in [3.63, 3.8) is 0 Å². The largest absolute Gasteiger partial charge is 0.384 e. The minimum absolute atomic E-state index is 0.0974. The maximum Gasteiger partial charge on any atom is 0.252 e. The van der Waals surface area contributed by atoms with E-state index in [2.05, 4.69) is 63.8 Å². The number of quaternary nitrogens is 1. The number of amides is 7. The number of thiocarbonyl (C=S) groups is 5. The molecular formula is C56H95N14O10S7+. The Morgan fingerprint density at radius 1 is 0.770 bits per heavy atom. The fourth-order valence-electron chi connectivity index (χ4n) is 8.86. The zero-order chi connectivity index (χ0) is 66.4. The van der Waals surface area contributed by atoms with Crippen molar-refractivity contribution in [2.75, 3.05) is 38.5 Å². The molecule has 0 aliphatic carbocycles. The highest BCUT2D eigenvalue weighted by Crippen LogP contribution is 2.17. The van der Waals surface area contributed by atoms with Crippen LogP contribution in [0.2, 0.25) is 0 Å². The number of ketones is 1. The van der Waals surface area contributed by atoms with E-state index < -0.39 is 125 Å². The van der Waals surface area contributed by atoms with E-state index >= 15 is 0 Å². The average Bonchev–Trinajstić information content (AvgIpc) is 2.68. The summed E-state index contributed by atoms with van der Waals surface area (Å²) in [5.74, 6) is -5.40. The number of thioether (sulfide) groups is 2. The lowest BCUT2D eigenvalue weighted by molar-refractivity contribution is -0.826. The van der Waals surface area contributed by atoms with Crippen LogP contribution in [-0.2, 0) is 38.4 Å². The van der Waals surface area contributed by atoms with Crippen molar-refractivity contribution in [1.29, 1.82) is 0 Å². The Kier molecular flexibility index (Phi) is 33.7. The molecule has 0 aromatic heterocycles. The Bertz CT molecular complexity index is 2560. The molecule has 490 valence electrons. The Hall–Kier alpha value is -4.73. The molecular weight excluding hydrogens is 1250 g/mol. The fourth-order valence-corrected chi connectivity index (χ4v) is 11.6. The molecule has 87 heavy (non-hydrogen) atoms. The summed E-state index contributed by atoms with van der Waals surface area (Å²) in [7, 11) is 3.61. The van der Waals surface area contributed by atoms with Crippen LogP contribution >= 0.6 is 84.6 Å². The molecule has 0 saturated heterocycles. The van der Waals surface area contributed by atoms with Crippen molar-refractivity contribution >= 4 is 157 Å². The lowest BCUT2D eigenvalue weighted by atomic mass is 9.96. The molecule has 0 bridgehead atoms. The number of nitrogens with one attached hydrogen (secondary N) is 13. The number of Topliss-reactive ketones (excluding diaryl/α,β-unsaturated/α-hetero) is 1. The van der Waals surface area contributed by atoms with E-state index in [1.165, 1.54) is 32.4 Å². The lowest BCUT2D eigenvalue weighted by Crippen LogP contribution is -3.03. The number of aliphatic hydroxyl groups excluding tert-OH is 1. The molecule has 2 aliphatic rings. The van der Waals surface area contributed by atoms with Gasteiger partial charge in [-0.3, -0.25) is 43.3 Å². The highest BCUT2D eigenvalue weighted by molar-refractivity contribution is 8.02. The Balaban J connectivity index is 2.26. The van der Waals surface area contributed by atoms with Gasteiger partial charge >= 0.3 is 0 Å². The highest BCUT2D eigenvalue weighted by Gasteiger charge is 2.40. The Morgan fingerprint density at radius 2 is 1.32 bits per heavy atom. The fraction of sp³-hybridized carbons (Fsp3) is 0.696. The zero-order valence-corrected chi connectivity index (χ0v) is 58.5. The van der Waals surface area contributed by atoms with Crippen molar-refractivity contribution in [2.45, 2.75) is 194 Å². The van der Waals surface area contributed by atoms with Gasteiger partial charge in [-0.25, -0.2) is 0 Å². The highest BCUT2D eigenvalue weighted by atomic mass is 32.2. The predicted molar refractivity (Wildman–Crippen MR) is 364 cm³/mol. The molecule has 0 fully saturated rings. The van der Waals surface area contributed by atoms with Gasteiger partial charge in [0.15, 0.2) is 6.67 Å². The molecule has 15 N–H and O–H groups in total. The Morgan fingerprint density at radius 3 is 1.83 bits per heavy atom. The number of carbonyl (C=O) groups excluding carboxylic acids is 8. The summed E-state index contributed by atoms with van der Waals surface area (Å²) < 4.78 is 0. The standard InChI is InChI=1S/C56H94N14O10S7/c1-17-29(6)41-49(78)58-31(8)44(73)63-37(22-27(2)3)46(75)67-42(43(72)39-24-69(14)26-70(39)15)48(77)57-19-21-87-25-38(47(76)66-41)64-45(74)32(9)59-50(81)33(10)60-51(82)34(11)61-52(83)35(12)62-53(84)36(18-20-86-16)65-54(85)40(28(4)5)68-55(79)56(13,80)23-30(7)71/h19,21,24,27-29,31-38,40-43,72,80H,17-18,20,22-23,25-26H2,1-16H3,(H,57,77)(H,58,78)(H,59,81)(H,60,82)(H,61,83)(H,62,84)(H,63,73)(H,64,74)(H,65,85)(H,66,76)(H,67,75)(H,68,79)/p+1/b21-19-/t29-,31+,32-,33-,34+,35-,36+,37-,38-,40+,41+,42-,43-,56-/m1/s1. The van der Waals surface area contributed by atoms with Crippen LogP contribution in [0.1, 0.15) is 116 Å². The van der Waals surface area contributed by atoms with E-state index in [0.717, 1.165) is 22.4 Å². The second-order valence-electron chi connectivity index (χ2n) is 23.3. The predicted octanol–water partition coefficient (Wildman–Crippen LogP) is -0.392. The Labute approximate surface area is 548 Å². The molecule has 0 radical (unpaired) electrons. The quantitative estimate of drug-likeness (QED) is 0.0491. The summed E-state index contributed by atoms with van der Waals surface area (Å²) in [4.78, 5) is 113. The summed E-state index contributed by atoms with van der Waals surface area (Å²) >= 11 is 31.6. The van der Waals surface area contributed by atoms with Crippen LogP contribution in [0.15, 0.2) is 23.5 Å². The van der Waals surface area contributed by atoms with Crippen LogP contribution < -0.4 is 68.7 Å². The van der Waals surface area contributed by atoms with E-state index in [1.807, 2.05) is 54.8 Å². The van der Waals surface area contributed by atoms with Crippen LogP contribution in [-0.4, -0.2) is 204 Å². The first-order valence-corrected chi connectivity index (χ1v) is 33.5. The normalized spacial score (nSPS) is 23.7. The first kappa shape index (κ1) is 78.4. The van der Waals surface area contributed by atoms with Gasteiger partial charge in [0.25, 0.3) is 5.91 Å². The summed E-state index contributed by atoms with van der Waals surface area (Å²) in [5, 5.41) is 58.8. The number of nitrogens with zero attached hydrogens (tertiary/aromatic N) is 1. The molecule has 24 nitrogen and oxygen atoms in total. The molecule has 2 heterocycles. The molecule has 0 spiro atoms. The smallest absolute Gasteiger partial charge is 0.252 e. The molecule has 2 aliphatic heterocycles. The summed E-state index contributed by atoms with van der Waals surface area (Å²) in [6, 6.07) is -10.0. The number of aliphatic hydroxyl groups is 2. The lowest BCUT2D eigenvalue weighted by Gasteiger charge is -2.32. The van der Waals surface area contributed by atoms with Gasteiger partial charge in [-0.15, -0.1) is 11.8 Å². The minimum Gasteiger partial charge on any atom is -0.384 e. The SMILES string of the molecule is CC[C@@H](C)[C@@H]1NC(=O)[C@H](NC(=O)[C@@H](C)NC(=S)[C@@H](C)NC(=S)[C@H](C)NC(=S)[C@@H](C)NC(=S)[C@H](CCSC)NC(=S)[C@@H](NC(=O)[C@](C)(O)CC(C)=O)C(C)C)CS/C=C\NC(=O)[C@@H]([C@H](O)C2=C[NH+](C)CN2C)NC(=O)[C@@H](CC(C)C)NC(=O)[C@H](C)NC1=O. The van der Waals surface area contributed by atoms with Crippen molar-refractivity contribution in [1.82, 2.24) is 68.7 Å². The van der Waals surface area contributed by atoms with Crippen LogP contribution in [0.3, 0.4) is 0 Å². The third-order valence-corrected chi connectivity index (χ3v) is 17.9. The number of rotatable bonds is 26. The van der Waals surface area contributed by atoms with Crippen molar-refractivity contribution in [3.05, 3.63) is 23.5 Å². The van der Waals surface area contributed by atoms with Crippen molar-refractivity contribution < 1.29 is 53.5 Å². The third-order valence-electron chi connectivity index (χ3n) is 14.3. The molecule has 1 unspecified atom stereocenters. The van der Waals surface area contributed by atoms with Gasteiger partial charge in [0.05, 0.1) is 62.2 Å². The van der Waals surface area contributed by atoms with Crippen LogP contribution in [0.5, 0.6) is 0 Å². The van der Waals surface area contributed by atoms with E-state index in [9.17, 15) is 48.6 Å². The van der Waals surface area contributed by atoms with Crippen LogP contribution in [0.25, 0.3) is 0 Å². The number of likely N-dealkylation sites (N-methyl/N-ethyl adjacent to an activating group) is 1. The molecule has 31 heteroatoms. The molecule has 2 rings (SSSR count). The summed E-state index contributed by atoms with van der Waals surface area (Å²) in [5.41, 5.74) is -1.53. The van der Waals surface area contributed by atoms with E-state index in [4.69, 9.17) is 61.1 Å². The van der Waals surface area contributed by atoms with Gasteiger partial charge < -0.3 is 78.9 Å². The molecule has 7 amide bonds. The summed E-state index contributed by atoms with van der Waals surface area (Å²) in [6.07, 6.45) is 4.29. The number of hydrogen-bond donors (Lipinski definition) is 15. The van der Waals surface area contributed by atoms with E-state index in [-0.39, 0.29) is 41.2 Å². The van der Waals surface area contributed by atoms with E-state index in [1.54, 1.807) is 57.6 Å². The number of carbonyl (C=O) groups is 8. The van der Waals surface area contributed by atoms with Gasteiger partial charge in [0, 0.05) is 25.4 Å². The molecule has 0 saturated carbocycles. The maximum absolute atomic E-state index is 14.3. The van der Waals surface area contributed by atoms with Gasteiger partial charge in [0.2, 0.25) is 35.4 Å². The topological polar surface area (TPSA) is 329 Å². The average molecular weight is 1350 g/mol. The molecule has 0 aromatic carbocycles. The first-order valence-electron chi connectivity index (χ1n) is 29.0. The zero-order valence-electron chi connectivity index (χ0n) is 52.8. The molecule has 0 aromatic rings. The minimum atomic E-state index is -1.92. The summed E-state index contributed by atoms with van der Waals surface area (Å²) in [6.45, 7) is 22.5. The van der Waals surface area contributed by atoms with Gasteiger partial charge in [-0.2, -0.15) is 11.8 Å². The second kappa shape index (κ2) is 37.4. The van der Waals surface area contributed by atoms with Crippen LogP contribution in [0, 0.1) is 17.8 Å². The first-order chi connectivity index (χ1) is 40.5. The van der Waals surface area contributed by atoms with Crippen LogP contribution in [0.4, 0.5) is 0 Å². The van der Waals surface area contributed by atoms with Crippen molar-refractivity contribution in [2.24, 2.45) is 17.8 Å². The number of hydrogen-bond acceptors (Lipinski definition) is 18. The van der Waals surface area contributed by atoms with Gasteiger partial charge in [-0.1, -0.05) is 109 Å². The van der Waals surface area contributed by atoms with Crippen molar-refractivity contribution in [3.8, 4) is 0 Å². The third kappa shape index (κ3) is 26.0.